The van der Waals surface area contributed by atoms with Crippen molar-refractivity contribution >= 4 is 33.0 Å². The third kappa shape index (κ3) is 3.88. The third-order valence-electron chi connectivity index (χ3n) is 3.15. The Hall–Kier alpha value is -0.230. The van der Waals surface area contributed by atoms with Gasteiger partial charge in [0.2, 0.25) is 0 Å². The summed E-state index contributed by atoms with van der Waals surface area (Å²) >= 11 is 4.89. The van der Waals surface area contributed by atoms with Crippen molar-refractivity contribution in [2.75, 3.05) is 26.2 Å². The average Bonchev–Trinajstić information content (AvgIpc) is 2.99. The Bertz CT molecular complexity index is 401. The third-order valence-corrected chi connectivity index (χ3v) is 4.81. The number of rotatable bonds is 6. The quantitative estimate of drug-likeness (QED) is 0.750. The van der Waals surface area contributed by atoms with Crippen LogP contribution in [0, 0.1) is 0 Å². The molecule has 5 heteroatoms. The van der Waals surface area contributed by atoms with Gasteiger partial charge < -0.3 is 4.74 Å². The fraction of sp³-hybridized carbons (Fsp3) is 0.615. The molecule has 1 aromatic rings. The zero-order valence-corrected chi connectivity index (χ0v) is 12.9. The monoisotopic (exact) mass is 331 g/mol. The van der Waals surface area contributed by atoms with E-state index in [9.17, 15) is 4.79 Å². The lowest BCUT2D eigenvalue weighted by Gasteiger charge is -2.22. The van der Waals surface area contributed by atoms with E-state index in [2.05, 4.69) is 27.8 Å². The van der Waals surface area contributed by atoms with E-state index >= 15 is 0 Å². The van der Waals surface area contributed by atoms with E-state index < -0.39 is 0 Å². The molecule has 1 aromatic heterocycles. The number of hydrogen-bond acceptors (Lipinski definition) is 4. The highest BCUT2D eigenvalue weighted by Gasteiger charge is 2.20. The predicted octanol–water partition coefficient (Wildman–Crippen LogP) is 3.19. The normalized spacial score (nSPS) is 19.6. The Morgan fingerprint density at radius 2 is 2.44 bits per heavy atom. The van der Waals surface area contributed by atoms with Gasteiger partial charge in [-0.05, 0) is 47.4 Å². The first kappa shape index (κ1) is 14.2. The summed E-state index contributed by atoms with van der Waals surface area (Å²) in [6.45, 7) is 5.21. The molecule has 2 rings (SSSR count). The summed E-state index contributed by atoms with van der Waals surface area (Å²) in [5, 5.41) is 0. The number of ketones is 1. The number of nitrogens with zero attached hydrogens (tertiary/aromatic N) is 1. The molecule has 0 N–H and O–H groups in total. The standard InChI is InChI=1S/C13H18BrNO2S/c1-2-15(8-10-4-3-7-17-10)9-11(16)12-5-6-13(14)18-12/h5-6,10H,2-4,7-9H2,1H3. The fourth-order valence-electron chi connectivity index (χ4n) is 2.13. The zero-order chi connectivity index (χ0) is 13.0. The van der Waals surface area contributed by atoms with E-state index in [-0.39, 0.29) is 5.78 Å². The van der Waals surface area contributed by atoms with Crippen LogP contribution >= 0.6 is 27.3 Å². The van der Waals surface area contributed by atoms with E-state index in [1.54, 1.807) is 0 Å². The highest BCUT2D eigenvalue weighted by atomic mass is 79.9. The lowest BCUT2D eigenvalue weighted by molar-refractivity contribution is 0.0688. The van der Waals surface area contributed by atoms with Crippen LogP contribution < -0.4 is 0 Å². The average molecular weight is 332 g/mol. The molecule has 0 saturated carbocycles. The summed E-state index contributed by atoms with van der Waals surface area (Å²) in [4.78, 5) is 15.1. The molecule has 2 heterocycles. The van der Waals surface area contributed by atoms with Gasteiger partial charge in [-0.3, -0.25) is 9.69 Å². The molecule has 1 saturated heterocycles. The van der Waals surface area contributed by atoms with Crippen molar-refractivity contribution in [3.8, 4) is 0 Å². The van der Waals surface area contributed by atoms with Gasteiger partial charge in [-0.2, -0.15) is 0 Å². The second-order valence-corrected chi connectivity index (χ2v) is 6.95. The second-order valence-electron chi connectivity index (χ2n) is 4.49. The van der Waals surface area contributed by atoms with Crippen LogP contribution in [0.15, 0.2) is 15.9 Å². The number of carbonyl (C=O) groups is 1. The fourth-order valence-corrected chi connectivity index (χ4v) is 3.44. The first-order valence-electron chi connectivity index (χ1n) is 6.31. The number of hydrogen-bond donors (Lipinski definition) is 0. The summed E-state index contributed by atoms with van der Waals surface area (Å²) in [7, 11) is 0. The van der Waals surface area contributed by atoms with Crippen molar-refractivity contribution in [3.63, 3.8) is 0 Å². The van der Waals surface area contributed by atoms with E-state index in [0.717, 1.165) is 41.2 Å². The minimum atomic E-state index is 0.200. The summed E-state index contributed by atoms with van der Waals surface area (Å²) in [5.41, 5.74) is 0. The van der Waals surface area contributed by atoms with E-state index in [1.165, 1.54) is 11.3 Å². The maximum atomic E-state index is 12.1. The van der Waals surface area contributed by atoms with Crippen LogP contribution in [-0.4, -0.2) is 43.0 Å². The summed E-state index contributed by atoms with van der Waals surface area (Å²) < 4.78 is 6.63. The molecule has 0 aliphatic carbocycles. The molecule has 18 heavy (non-hydrogen) atoms. The first-order chi connectivity index (χ1) is 8.69. The molecule has 1 atom stereocenters. The van der Waals surface area contributed by atoms with Crippen LogP contribution in [0.3, 0.4) is 0 Å². The summed E-state index contributed by atoms with van der Waals surface area (Å²) in [6.07, 6.45) is 2.58. The molecule has 0 spiro atoms. The van der Waals surface area contributed by atoms with Crippen LogP contribution in [0.25, 0.3) is 0 Å². The maximum Gasteiger partial charge on any atom is 0.186 e. The number of Topliss-reactive ketones (excluding diaryl/α,β-unsaturated/α-hetero) is 1. The maximum absolute atomic E-state index is 12.1. The molecule has 1 aliphatic heterocycles. The van der Waals surface area contributed by atoms with Crippen molar-refractivity contribution in [2.45, 2.75) is 25.9 Å². The molecule has 1 unspecified atom stereocenters. The van der Waals surface area contributed by atoms with E-state index in [1.807, 2.05) is 12.1 Å². The summed E-state index contributed by atoms with van der Waals surface area (Å²) in [6, 6.07) is 3.81. The SMILES string of the molecule is CCN(CC(=O)c1ccc(Br)s1)CC1CCCO1. The van der Waals surface area contributed by atoms with Crippen LogP contribution in [0.4, 0.5) is 0 Å². The highest BCUT2D eigenvalue weighted by molar-refractivity contribution is 9.11. The Labute approximate surface area is 120 Å². The van der Waals surface area contributed by atoms with Crippen molar-refractivity contribution in [2.24, 2.45) is 0 Å². The lowest BCUT2D eigenvalue weighted by Crippen LogP contribution is -2.35. The van der Waals surface area contributed by atoms with Gasteiger partial charge in [0.1, 0.15) is 0 Å². The van der Waals surface area contributed by atoms with E-state index in [4.69, 9.17) is 4.74 Å². The minimum Gasteiger partial charge on any atom is -0.377 e. The first-order valence-corrected chi connectivity index (χ1v) is 7.92. The van der Waals surface area contributed by atoms with Gasteiger partial charge >= 0.3 is 0 Å². The number of carbonyl (C=O) groups excluding carboxylic acids is 1. The molecular weight excluding hydrogens is 314 g/mol. The van der Waals surface area contributed by atoms with Gasteiger partial charge in [-0.25, -0.2) is 0 Å². The Balaban J connectivity index is 1.87. The minimum absolute atomic E-state index is 0.200. The van der Waals surface area contributed by atoms with Gasteiger partial charge in [0.05, 0.1) is 21.3 Å². The molecule has 0 radical (unpaired) electrons. The van der Waals surface area contributed by atoms with Gasteiger partial charge in [0.15, 0.2) is 5.78 Å². The van der Waals surface area contributed by atoms with Gasteiger partial charge in [-0.15, -0.1) is 11.3 Å². The Morgan fingerprint density at radius 3 is 3.00 bits per heavy atom. The van der Waals surface area contributed by atoms with E-state index in [0.29, 0.717) is 12.6 Å². The summed E-state index contributed by atoms with van der Waals surface area (Å²) in [5.74, 6) is 0.200. The number of likely N-dealkylation sites (N-methyl/N-ethyl adjacent to an activating group) is 1. The smallest absolute Gasteiger partial charge is 0.186 e. The number of ether oxygens (including phenoxy) is 1. The second kappa shape index (κ2) is 6.80. The molecule has 1 aliphatic rings. The Kier molecular flexibility index (Phi) is 5.36. The molecule has 3 nitrogen and oxygen atoms in total. The van der Waals surface area contributed by atoms with Crippen molar-refractivity contribution in [1.29, 1.82) is 0 Å². The largest absolute Gasteiger partial charge is 0.377 e. The highest BCUT2D eigenvalue weighted by Crippen LogP contribution is 2.22. The van der Waals surface area contributed by atoms with Crippen molar-refractivity contribution in [3.05, 3.63) is 20.8 Å². The Morgan fingerprint density at radius 1 is 1.61 bits per heavy atom. The number of halogens is 1. The van der Waals surface area contributed by atoms with Gasteiger partial charge in [-0.1, -0.05) is 6.92 Å². The van der Waals surface area contributed by atoms with Crippen LogP contribution in [0.1, 0.15) is 29.4 Å². The topological polar surface area (TPSA) is 29.5 Å². The lowest BCUT2D eigenvalue weighted by atomic mass is 10.2. The van der Waals surface area contributed by atoms with Crippen LogP contribution in [0.5, 0.6) is 0 Å². The van der Waals surface area contributed by atoms with Crippen molar-refractivity contribution in [1.82, 2.24) is 4.90 Å². The molecule has 1 fully saturated rings. The number of thiophene rings is 1. The zero-order valence-electron chi connectivity index (χ0n) is 10.5. The van der Waals surface area contributed by atoms with Crippen LogP contribution in [-0.2, 0) is 4.74 Å². The molecular formula is C13H18BrNO2S. The molecule has 100 valence electrons. The van der Waals surface area contributed by atoms with Gasteiger partial charge in [0, 0.05) is 13.2 Å². The molecule has 0 bridgehead atoms. The van der Waals surface area contributed by atoms with Crippen LogP contribution in [0.2, 0.25) is 0 Å². The molecule has 0 aromatic carbocycles. The van der Waals surface area contributed by atoms with Crippen molar-refractivity contribution < 1.29 is 9.53 Å². The molecule has 0 amide bonds. The predicted molar refractivity (Wildman–Crippen MR) is 77.4 cm³/mol. The van der Waals surface area contributed by atoms with Gasteiger partial charge in [0.25, 0.3) is 0 Å².